The van der Waals surface area contributed by atoms with Gasteiger partial charge >= 0.3 is 5.97 Å². The first-order valence-corrected chi connectivity index (χ1v) is 3.41. The first kappa shape index (κ1) is 11.2. The van der Waals surface area contributed by atoms with Gasteiger partial charge in [0.15, 0.2) is 0 Å². The summed E-state index contributed by atoms with van der Waals surface area (Å²) in [4.78, 5) is 31.5. The normalized spacial score (nSPS) is 10.7. The Labute approximate surface area is 74.4 Å². The van der Waals surface area contributed by atoms with Crippen LogP contribution < -0.4 is 11.1 Å². The Bertz CT molecular complexity index is 270. The number of rotatable bonds is 4. The number of carboxylic acids is 1. The van der Waals surface area contributed by atoms with Gasteiger partial charge in [0.1, 0.15) is 0 Å². The van der Waals surface area contributed by atoms with Crippen molar-refractivity contribution in [3.05, 3.63) is 11.6 Å². The molecule has 2 amide bonds. The number of nitrogens with one attached hydrogen (secondary N) is 1. The SMILES string of the molecule is CNC(=O)/C=C(/CC(N)=O)C(=O)O. The molecule has 0 bridgehead atoms. The molecule has 0 aromatic heterocycles. The van der Waals surface area contributed by atoms with Gasteiger partial charge in [0.25, 0.3) is 0 Å². The number of primary amides is 1. The molecule has 0 saturated heterocycles. The van der Waals surface area contributed by atoms with Gasteiger partial charge in [-0.3, -0.25) is 9.59 Å². The second-order valence-electron chi connectivity index (χ2n) is 2.23. The molecule has 72 valence electrons. The van der Waals surface area contributed by atoms with Crippen molar-refractivity contribution in [3.63, 3.8) is 0 Å². The second-order valence-corrected chi connectivity index (χ2v) is 2.23. The third-order valence-electron chi connectivity index (χ3n) is 1.19. The molecular formula is C7H10N2O4. The Kier molecular flexibility index (Phi) is 4.21. The lowest BCUT2D eigenvalue weighted by atomic mass is 10.1. The zero-order chi connectivity index (χ0) is 10.4. The molecule has 0 unspecified atom stereocenters. The van der Waals surface area contributed by atoms with Gasteiger partial charge in [-0.05, 0) is 0 Å². The van der Waals surface area contributed by atoms with Gasteiger partial charge in [0.2, 0.25) is 11.8 Å². The summed E-state index contributed by atoms with van der Waals surface area (Å²) >= 11 is 0. The van der Waals surface area contributed by atoms with E-state index in [1.165, 1.54) is 7.05 Å². The number of carbonyl (C=O) groups is 3. The summed E-state index contributed by atoms with van der Waals surface area (Å²) in [5.74, 6) is -2.71. The number of amides is 2. The van der Waals surface area contributed by atoms with E-state index < -0.39 is 24.2 Å². The molecule has 4 N–H and O–H groups in total. The second kappa shape index (κ2) is 4.91. The molecule has 6 nitrogen and oxygen atoms in total. The molecular weight excluding hydrogens is 176 g/mol. The van der Waals surface area contributed by atoms with Crippen molar-refractivity contribution in [3.8, 4) is 0 Å². The minimum Gasteiger partial charge on any atom is -0.478 e. The standard InChI is InChI=1S/C7H10N2O4/c1-9-6(11)3-4(7(12)13)2-5(8)10/h3H,2H2,1H3,(H2,8,10)(H,9,11)(H,12,13)/b4-3-. The molecule has 0 aliphatic rings. The van der Waals surface area contributed by atoms with Crippen LogP contribution in [0.3, 0.4) is 0 Å². The fourth-order valence-electron chi connectivity index (χ4n) is 0.607. The van der Waals surface area contributed by atoms with Crippen molar-refractivity contribution < 1.29 is 19.5 Å². The van der Waals surface area contributed by atoms with E-state index in [0.717, 1.165) is 6.08 Å². The summed E-state index contributed by atoms with van der Waals surface area (Å²) in [6.45, 7) is 0. The van der Waals surface area contributed by atoms with Gasteiger partial charge < -0.3 is 16.2 Å². The predicted molar refractivity (Wildman–Crippen MR) is 43.6 cm³/mol. The van der Waals surface area contributed by atoms with Crippen molar-refractivity contribution in [2.24, 2.45) is 5.73 Å². The highest BCUT2D eigenvalue weighted by Gasteiger charge is 2.11. The number of carbonyl (C=O) groups excluding carboxylic acids is 2. The molecule has 0 aliphatic heterocycles. The van der Waals surface area contributed by atoms with E-state index in [1.54, 1.807) is 0 Å². The van der Waals surface area contributed by atoms with E-state index in [-0.39, 0.29) is 5.57 Å². The molecule has 6 heteroatoms. The van der Waals surface area contributed by atoms with Gasteiger partial charge in [-0.15, -0.1) is 0 Å². The molecule has 0 fully saturated rings. The van der Waals surface area contributed by atoms with Crippen molar-refractivity contribution in [2.45, 2.75) is 6.42 Å². The Hall–Kier alpha value is -1.85. The van der Waals surface area contributed by atoms with E-state index in [4.69, 9.17) is 10.8 Å². The fourth-order valence-corrected chi connectivity index (χ4v) is 0.607. The zero-order valence-electron chi connectivity index (χ0n) is 7.03. The lowest BCUT2D eigenvalue weighted by Gasteiger charge is -1.97. The summed E-state index contributed by atoms with van der Waals surface area (Å²) < 4.78 is 0. The van der Waals surface area contributed by atoms with Crippen LogP contribution in [0.1, 0.15) is 6.42 Å². The molecule has 0 spiro atoms. The Morgan fingerprint density at radius 2 is 2.00 bits per heavy atom. The third kappa shape index (κ3) is 4.57. The topological polar surface area (TPSA) is 109 Å². The highest BCUT2D eigenvalue weighted by molar-refractivity contribution is 6.00. The number of likely N-dealkylation sites (N-methyl/N-ethyl adjacent to an activating group) is 1. The summed E-state index contributed by atoms with van der Waals surface area (Å²) in [6.07, 6.45) is 0.371. The molecule has 0 aromatic rings. The van der Waals surface area contributed by atoms with Crippen molar-refractivity contribution in [2.75, 3.05) is 7.05 Å². The number of aliphatic carboxylic acids is 1. The molecule has 0 atom stereocenters. The lowest BCUT2D eigenvalue weighted by Crippen LogP contribution is -2.20. The van der Waals surface area contributed by atoms with Crippen LogP contribution in [0.5, 0.6) is 0 Å². The van der Waals surface area contributed by atoms with Crippen LogP contribution in [0.4, 0.5) is 0 Å². The fraction of sp³-hybridized carbons (Fsp3) is 0.286. The van der Waals surface area contributed by atoms with E-state index in [0.29, 0.717) is 0 Å². The van der Waals surface area contributed by atoms with E-state index >= 15 is 0 Å². The van der Waals surface area contributed by atoms with Crippen LogP contribution >= 0.6 is 0 Å². The van der Waals surface area contributed by atoms with E-state index in [9.17, 15) is 14.4 Å². The molecule has 0 saturated carbocycles. The quantitative estimate of drug-likeness (QED) is 0.470. The van der Waals surface area contributed by atoms with Crippen LogP contribution in [0.2, 0.25) is 0 Å². The maximum atomic E-state index is 10.7. The number of carboxylic acid groups (broad SMARTS) is 1. The zero-order valence-corrected chi connectivity index (χ0v) is 7.03. The van der Waals surface area contributed by atoms with Crippen molar-refractivity contribution in [1.82, 2.24) is 5.32 Å². The maximum absolute atomic E-state index is 10.7. The molecule has 13 heavy (non-hydrogen) atoms. The lowest BCUT2D eigenvalue weighted by molar-refractivity contribution is -0.134. The van der Waals surface area contributed by atoms with Crippen LogP contribution in [0.25, 0.3) is 0 Å². The average molecular weight is 186 g/mol. The summed E-state index contributed by atoms with van der Waals surface area (Å²) in [5, 5.41) is 10.7. The first-order chi connectivity index (χ1) is 5.97. The van der Waals surface area contributed by atoms with Gasteiger partial charge in [-0.1, -0.05) is 0 Å². The molecule has 0 radical (unpaired) electrons. The van der Waals surface area contributed by atoms with Crippen LogP contribution in [-0.2, 0) is 14.4 Å². The first-order valence-electron chi connectivity index (χ1n) is 3.41. The van der Waals surface area contributed by atoms with Gasteiger partial charge in [0, 0.05) is 13.1 Å². The maximum Gasteiger partial charge on any atom is 0.332 e. The molecule has 0 heterocycles. The van der Waals surface area contributed by atoms with Gasteiger partial charge in [-0.2, -0.15) is 0 Å². The largest absolute Gasteiger partial charge is 0.478 e. The summed E-state index contributed by atoms with van der Waals surface area (Å²) in [6, 6.07) is 0. The van der Waals surface area contributed by atoms with Gasteiger partial charge in [0.05, 0.1) is 12.0 Å². The molecule has 0 aromatic carbocycles. The van der Waals surface area contributed by atoms with E-state index in [1.807, 2.05) is 0 Å². The minimum absolute atomic E-state index is 0.327. The minimum atomic E-state index is -1.33. The summed E-state index contributed by atoms with van der Waals surface area (Å²) in [7, 11) is 1.35. The van der Waals surface area contributed by atoms with E-state index in [2.05, 4.69) is 5.32 Å². The monoisotopic (exact) mass is 186 g/mol. The molecule has 0 aliphatic carbocycles. The van der Waals surface area contributed by atoms with Crippen molar-refractivity contribution >= 4 is 17.8 Å². The van der Waals surface area contributed by atoms with Crippen LogP contribution in [0, 0.1) is 0 Å². The average Bonchev–Trinajstić information content (AvgIpc) is 2.02. The number of hydrogen-bond acceptors (Lipinski definition) is 3. The number of hydrogen-bond donors (Lipinski definition) is 3. The Morgan fingerprint density at radius 3 is 2.31 bits per heavy atom. The molecule has 0 rings (SSSR count). The highest BCUT2D eigenvalue weighted by Crippen LogP contribution is 2.00. The highest BCUT2D eigenvalue weighted by atomic mass is 16.4. The predicted octanol–water partition coefficient (Wildman–Crippen LogP) is -1.38. The Balaban J connectivity index is 4.60. The van der Waals surface area contributed by atoms with Crippen LogP contribution in [0.15, 0.2) is 11.6 Å². The van der Waals surface area contributed by atoms with Crippen LogP contribution in [-0.4, -0.2) is 29.9 Å². The third-order valence-corrected chi connectivity index (χ3v) is 1.19. The number of nitrogens with two attached hydrogens (primary N) is 1. The summed E-state index contributed by atoms with van der Waals surface area (Å²) in [5.41, 5.74) is 4.45. The smallest absolute Gasteiger partial charge is 0.332 e. The Morgan fingerprint density at radius 1 is 1.46 bits per heavy atom. The van der Waals surface area contributed by atoms with Crippen molar-refractivity contribution in [1.29, 1.82) is 0 Å². The van der Waals surface area contributed by atoms with Gasteiger partial charge in [-0.25, -0.2) is 4.79 Å².